The molecule has 0 heterocycles. The molecule has 0 saturated heterocycles. The Morgan fingerprint density at radius 1 is 1.40 bits per heavy atom. The molecule has 0 aromatic heterocycles. The van der Waals surface area contributed by atoms with Crippen LogP contribution in [0.15, 0.2) is 17.0 Å². The molecule has 0 amide bonds. The fraction of sp³-hybridized carbons (Fsp3) is 0.222. The van der Waals surface area contributed by atoms with E-state index < -0.39 is 16.6 Å². The van der Waals surface area contributed by atoms with Crippen molar-refractivity contribution in [2.45, 2.75) is 11.1 Å². The van der Waals surface area contributed by atoms with E-state index in [1.54, 1.807) is 6.07 Å². The third-order valence-electron chi connectivity index (χ3n) is 1.76. The van der Waals surface area contributed by atoms with Gasteiger partial charge in [0.1, 0.15) is 17.4 Å². The Morgan fingerprint density at radius 3 is 2.40 bits per heavy atom. The predicted octanol–water partition coefficient (Wildman–Crippen LogP) is 2.87. The maximum Gasteiger partial charge on any atom is 0.421 e. The zero-order chi connectivity index (χ0) is 11.6. The number of hydrogen-bond donors (Lipinski definition) is 1. The maximum atomic E-state index is 12.6. The first-order chi connectivity index (χ1) is 6.91. The van der Waals surface area contributed by atoms with Gasteiger partial charge in [0.15, 0.2) is 0 Å². The molecule has 0 unspecified atom stereocenters. The molecule has 0 spiro atoms. The first kappa shape index (κ1) is 11.7. The molecule has 0 bridgehead atoms. The molecule has 2 nitrogen and oxygen atoms in total. The number of nitriles is 1. The van der Waals surface area contributed by atoms with Crippen LogP contribution in [0.25, 0.3) is 0 Å². The molecule has 1 aromatic rings. The number of methoxy groups -OCH3 is 1. The zero-order valence-corrected chi connectivity index (χ0v) is 8.49. The van der Waals surface area contributed by atoms with Crippen molar-refractivity contribution in [1.29, 1.82) is 5.26 Å². The fourth-order valence-corrected chi connectivity index (χ4v) is 1.47. The van der Waals surface area contributed by atoms with Crippen LogP contribution in [-0.2, 0) is 6.18 Å². The summed E-state index contributed by atoms with van der Waals surface area (Å²) in [6.45, 7) is 0. The predicted molar refractivity (Wildman–Crippen MR) is 50.0 cm³/mol. The fourth-order valence-electron chi connectivity index (χ4n) is 1.11. The average molecular weight is 233 g/mol. The van der Waals surface area contributed by atoms with Crippen molar-refractivity contribution in [1.82, 2.24) is 0 Å². The van der Waals surface area contributed by atoms with Crippen LogP contribution in [0.5, 0.6) is 5.75 Å². The smallest absolute Gasteiger partial charge is 0.421 e. The highest BCUT2D eigenvalue weighted by atomic mass is 32.1. The van der Waals surface area contributed by atoms with Gasteiger partial charge >= 0.3 is 6.18 Å². The van der Waals surface area contributed by atoms with Gasteiger partial charge in [0.25, 0.3) is 0 Å². The van der Waals surface area contributed by atoms with Gasteiger partial charge in [0.05, 0.1) is 12.7 Å². The van der Waals surface area contributed by atoms with Crippen LogP contribution < -0.4 is 4.74 Å². The summed E-state index contributed by atoms with van der Waals surface area (Å²) in [7, 11) is 1.13. The van der Waals surface area contributed by atoms with E-state index in [0.29, 0.717) is 0 Å². The molecule has 6 heteroatoms. The highest BCUT2D eigenvalue weighted by molar-refractivity contribution is 7.80. The molecule has 0 aliphatic heterocycles. The molecule has 0 radical (unpaired) electrons. The van der Waals surface area contributed by atoms with Gasteiger partial charge in [-0.1, -0.05) is 0 Å². The molecule has 80 valence electrons. The molecule has 0 N–H and O–H groups in total. The minimum atomic E-state index is -4.59. The van der Waals surface area contributed by atoms with Crippen LogP contribution in [0.1, 0.15) is 11.1 Å². The summed E-state index contributed by atoms with van der Waals surface area (Å²) in [6.07, 6.45) is -4.59. The normalized spacial score (nSPS) is 10.9. The van der Waals surface area contributed by atoms with Crippen molar-refractivity contribution in [3.8, 4) is 11.8 Å². The summed E-state index contributed by atoms with van der Waals surface area (Å²) >= 11 is 3.69. The second-order valence-corrected chi connectivity index (χ2v) is 3.10. The SMILES string of the molecule is COc1ccc(C#N)c(S)c1C(F)(F)F. The van der Waals surface area contributed by atoms with E-state index in [9.17, 15) is 13.2 Å². The van der Waals surface area contributed by atoms with Crippen molar-refractivity contribution in [3.05, 3.63) is 23.3 Å². The van der Waals surface area contributed by atoms with Crippen LogP contribution in [0.4, 0.5) is 13.2 Å². The van der Waals surface area contributed by atoms with E-state index in [4.69, 9.17) is 5.26 Å². The molecule has 1 rings (SSSR count). The minimum Gasteiger partial charge on any atom is -0.496 e. The van der Waals surface area contributed by atoms with Crippen LogP contribution in [0.2, 0.25) is 0 Å². The van der Waals surface area contributed by atoms with E-state index in [2.05, 4.69) is 17.4 Å². The molecular weight excluding hydrogens is 227 g/mol. The first-order valence-electron chi connectivity index (χ1n) is 3.79. The van der Waals surface area contributed by atoms with Gasteiger partial charge in [0, 0.05) is 4.90 Å². The summed E-state index contributed by atoms with van der Waals surface area (Å²) in [5, 5.41) is 8.57. The van der Waals surface area contributed by atoms with E-state index in [1.807, 2.05) is 0 Å². The molecule has 0 saturated carbocycles. The molecule has 15 heavy (non-hydrogen) atoms. The molecular formula is C9H6F3NOS. The first-order valence-corrected chi connectivity index (χ1v) is 4.23. The van der Waals surface area contributed by atoms with E-state index in [1.165, 1.54) is 6.07 Å². The monoisotopic (exact) mass is 233 g/mol. The van der Waals surface area contributed by atoms with Gasteiger partial charge in [-0.25, -0.2) is 0 Å². The molecule has 0 atom stereocenters. The van der Waals surface area contributed by atoms with Gasteiger partial charge in [-0.05, 0) is 12.1 Å². The summed E-state index contributed by atoms with van der Waals surface area (Å²) in [5.41, 5.74) is -1.15. The Bertz CT molecular complexity index is 423. The summed E-state index contributed by atoms with van der Waals surface area (Å²) in [5.74, 6) is -0.341. The largest absolute Gasteiger partial charge is 0.496 e. The van der Waals surface area contributed by atoms with E-state index in [-0.39, 0.29) is 11.3 Å². The zero-order valence-electron chi connectivity index (χ0n) is 7.59. The lowest BCUT2D eigenvalue weighted by atomic mass is 10.1. The van der Waals surface area contributed by atoms with Crippen LogP contribution >= 0.6 is 12.6 Å². The van der Waals surface area contributed by atoms with Crippen LogP contribution in [0, 0.1) is 11.3 Å². The second kappa shape index (κ2) is 4.03. The number of alkyl halides is 3. The number of halogens is 3. The minimum absolute atomic E-state index is 0.133. The molecule has 0 aliphatic carbocycles. The second-order valence-electron chi connectivity index (χ2n) is 2.65. The van der Waals surface area contributed by atoms with Crippen LogP contribution in [0.3, 0.4) is 0 Å². The number of thiol groups is 1. The topological polar surface area (TPSA) is 33.0 Å². The third kappa shape index (κ3) is 2.18. The van der Waals surface area contributed by atoms with Crippen molar-refractivity contribution >= 4 is 12.6 Å². The molecule has 0 fully saturated rings. The van der Waals surface area contributed by atoms with Crippen molar-refractivity contribution in [2.75, 3.05) is 7.11 Å². The quantitative estimate of drug-likeness (QED) is 0.756. The molecule has 1 aromatic carbocycles. The van der Waals surface area contributed by atoms with E-state index in [0.717, 1.165) is 13.2 Å². The Kier molecular flexibility index (Phi) is 3.15. The van der Waals surface area contributed by atoms with Gasteiger partial charge in [-0.15, -0.1) is 12.6 Å². The molecule has 0 aliphatic rings. The Labute approximate surface area is 89.7 Å². The maximum absolute atomic E-state index is 12.6. The third-order valence-corrected chi connectivity index (χ3v) is 2.23. The highest BCUT2D eigenvalue weighted by Crippen LogP contribution is 2.41. The van der Waals surface area contributed by atoms with Crippen molar-refractivity contribution < 1.29 is 17.9 Å². The Balaban J connectivity index is 3.52. The van der Waals surface area contributed by atoms with E-state index >= 15 is 0 Å². The average Bonchev–Trinajstić information content (AvgIpc) is 2.15. The van der Waals surface area contributed by atoms with Gasteiger partial charge in [-0.3, -0.25) is 0 Å². The number of nitrogens with zero attached hydrogens (tertiary/aromatic N) is 1. The Hall–Kier alpha value is -1.35. The van der Waals surface area contributed by atoms with Crippen molar-refractivity contribution in [2.24, 2.45) is 0 Å². The number of ether oxygens (including phenoxy) is 1. The summed E-state index contributed by atoms with van der Waals surface area (Å²) < 4.78 is 42.3. The number of hydrogen-bond acceptors (Lipinski definition) is 3. The lowest BCUT2D eigenvalue weighted by Gasteiger charge is -2.14. The number of benzene rings is 1. The summed E-state index contributed by atoms with van der Waals surface area (Å²) in [6, 6.07) is 3.96. The van der Waals surface area contributed by atoms with Crippen molar-refractivity contribution in [3.63, 3.8) is 0 Å². The lowest BCUT2D eigenvalue weighted by molar-refractivity contribution is -0.140. The van der Waals surface area contributed by atoms with Gasteiger partial charge in [-0.2, -0.15) is 18.4 Å². The highest BCUT2D eigenvalue weighted by Gasteiger charge is 2.37. The standard InChI is InChI=1S/C9H6F3NOS/c1-14-6-3-2-5(4-13)8(15)7(6)9(10,11)12/h2-3,15H,1H3. The number of rotatable bonds is 1. The summed E-state index contributed by atoms with van der Waals surface area (Å²) in [4.78, 5) is -0.413. The van der Waals surface area contributed by atoms with Gasteiger partial charge in [0.2, 0.25) is 0 Å². The van der Waals surface area contributed by atoms with Crippen LogP contribution in [-0.4, -0.2) is 7.11 Å². The van der Waals surface area contributed by atoms with Gasteiger partial charge < -0.3 is 4.74 Å². The Morgan fingerprint density at radius 2 is 2.00 bits per heavy atom. The lowest BCUT2D eigenvalue weighted by Crippen LogP contribution is -2.09.